The Bertz CT molecular complexity index is 765. The van der Waals surface area contributed by atoms with Crippen molar-refractivity contribution in [3.05, 3.63) is 54.4 Å². The SMILES string of the molecule is Cc1ccn2cc(-c3ccc(NCC(O)CO)cc3)nc2c1. The second-order valence-electron chi connectivity index (χ2n) is 5.39. The number of nitrogens with zero attached hydrogens (tertiary/aromatic N) is 2. The van der Waals surface area contributed by atoms with E-state index >= 15 is 0 Å². The van der Waals surface area contributed by atoms with Gasteiger partial charge in [0.2, 0.25) is 0 Å². The second-order valence-corrected chi connectivity index (χ2v) is 5.39. The molecule has 0 saturated carbocycles. The van der Waals surface area contributed by atoms with Gasteiger partial charge in [0.25, 0.3) is 0 Å². The number of benzene rings is 1. The van der Waals surface area contributed by atoms with Gasteiger partial charge in [-0.2, -0.15) is 0 Å². The molecule has 0 spiro atoms. The molecule has 114 valence electrons. The zero-order valence-electron chi connectivity index (χ0n) is 12.4. The molecule has 0 aliphatic heterocycles. The third-order valence-electron chi connectivity index (χ3n) is 3.55. The van der Waals surface area contributed by atoms with Crippen LogP contribution < -0.4 is 5.32 Å². The van der Waals surface area contributed by atoms with Gasteiger partial charge in [0.1, 0.15) is 5.65 Å². The van der Waals surface area contributed by atoms with Gasteiger partial charge in [0.05, 0.1) is 18.4 Å². The standard InChI is InChI=1S/C17H19N3O2/c1-12-6-7-20-10-16(19-17(20)8-12)13-2-4-14(5-3-13)18-9-15(22)11-21/h2-8,10,15,18,21-22H,9,11H2,1H3. The van der Waals surface area contributed by atoms with Crippen LogP contribution in [0, 0.1) is 6.92 Å². The van der Waals surface area contributed by atoms with Gasteiger partial charge in [-0.15, -0.1) is 0 Å². The fourth-order valence-corrected chi connectivity index (χ4v) is 2.28. The number of anilines is 1. The monoisotopic (exact) mass is 297 g/mol. The number of aliphatic hydroxyl groups is 2. The molecule has 22 heavy (non-hydrogen) atoms. The molecule has 2 aromatic heterocycles. The highest BCUT2D eigenvalue weighted by molar-refractivity contribution is 5.65. The zero-order chi connectivity index (χ0) is 15.5. The highest BCUT2D eigenvalue weighted by Gasteiger charge is 2.05. The van der Waals surface area contributed by atoms with Crippen LogP contribution in [-0.2, 0) is 0 Å². The van der Waals surface area contributed by atoms with Gasteiger partial charge >= 0.3 is 0 Å². The number of hydrogen-bond acceptors (Lipinski definition) is 4. The second kappa shape index (κ2) is 6.17. The molecule has 1 aromatic carbocycles. The Morgan fingerprint density at radius 3 is 2.73 bits per heavy atom. The minimum Gasteiger partial charge on any atom is -0.394 e. The van der Waals surface area contributed by atoms with Crippen LogP contribution in [0.15, 0.2) is 48.8 Å². The van der Waals surface area contributed by atoms with Crippen LogP contribution in [0.3, 0.4) is 0 Å². The average Bonchev–Trinajstić information content (AvgIpc) is 2.96. The van der Waals surface area contributed by atoms with Gasteiger partial charge in [-0.05, 0) is 36.8 Å². The van der Waals surface area contributed by atoms with Crippen molar-refractivity contribution in [2.45, 2.75) is 13.0 Å². The third-order valence-corrected chi connectivity index (χ3v) is 3.55. The zero-order valence-corrected chi connectivity index (χ0v) is 12.4. The molecule has 0 fully saturated rings. The van der Waals surface area contributed by atoms with Crippen molar-refractivity contribution in [2.24, 2.45) is 0 Å². The van der Waals surface area contributed by atoms with E-state index < -0.39 is 6.10 Å². The van der Waals surface area contributed by atoms with E-state index in [9.17, 15) is 5.11 Å². The number of nitrogens with one attached hydrogen (secondary N) is 1. The largest absolute Gasteiger partial charge is 0.394 e. The van der Waals surface area contributed by atoms with E-state index in [4.69, 9.17) is 5.11 Å². The summed E-state index contributed by atoms with van der Waals surface area (Å²) in [6, 6.07) is 12.0. The van der Waals surface area contributed by atoms with Gasteiger partial charge < -0.3 is 19.9 Å². The van der Waals surface area contributed by atoms with E-state index in [0.717, 1.165) is 22.6 Å². The molecule has 2 heterocycles. The van der Waals surface area contributed by atoms with Crippen LogP contribution in [0.2, 0.25) is 0 Å². The van der Waals surface area contributed by atoms with Gasteiger partial charge in [0.15, 0.2) is 0 Å². The quantitative estimate of drug-likeness (QED) is 0.674. The number of pyridine rings is 1. The summed E-state index contributed by atoms with van der Waals surface area (Å²) in [5.41, 5.74) is 4.98. The predicted molar refractivity (Wildman–Crippen MR) is 86.9 cm³/mol. The minimum absolute atomic E-state index is 0.244. The summed E-state index contributed by atoms with van der Waals surface area (Å²) in [5.74, 6) is 0. The normalized spacial score (nSPS) is 12.5. The molecule has 0 bridgehead atoms. The van der Waals surface area contributed by atoms with Crippen molar-refractivity contribution in [1.82, 2.24) is 9.38 Å². The molecule has 5 heteroatoms. The van der Waals surface area contributed by atoms with Crippen LogP contribution in [-0.4, -0.2) is 38.9 Å². The number of imidazole rings is 1. The number of fused-ring (bicyclic) bond motifs is 1. The topological polar surface area (TPSA) is 69.8 Å². The number of aromatic nitrogens is 2. The summed E-state index contributed by atoms with van der Waals surface area (Å²) in [7, 11) is 0. The molecule has 1 unspecified atom stereocenters. The lowest BCUT2D eigenvalue weighted by Gasteiger charge is -2.10. The molecule has 3 N–H and O–H groups in total. The van der Waals surface area contributed by atoms with Gasteiger partial charge in [0, 0.05) is 30.2 Å². The van der Waals surface area contributed by atoms with Crippen LogP contribution in [0.25, 0.3) is 16.9 Å². The molecular formula is C17H19N3O2. The first-order valence-corrected chi connectivity index (χ1v) is 7.24. The molecule has 0 amide bonds. The summed E-state index contributed by atoms with van der Waals surface area (Å²) in [4.78, 5) is 4.63. The molecule has 3 rings (SSSR count). The number of rotatable bonds is 5. The molecule has 0 saturated heterocycles. The fraction of sp³-hybridized carbons (Fsp3) is 0.235. The lowest BCUT2D eigenvalue weighted by atomic mass is 10.1. The first kappa shape index (κ1) is 14.6. The predicted octanol–water partition coefficient (Wildman–Crippen LogP) is 2.07. The molecule has 0 aliphatic rings. The van der Waals surface area contributed by atoms with E-state index in [-0.39, 0.29) is 6.61 Å². The average molecular weight is 297 g/mol. The Hall–Kier alpha value is -2.37. The molecule has 3 aromatic rings. The van der Waals surface area contributed by atoms with E-state index in [1.165, 1.54) is 5.56 Å². The Kier molecular flexibility index (Phi) is 4.09. The lowest BCUT2D eigenvalue weighted by molar-refractivity contribution is 0.105. The van der Waals surface area contributed by atoms with Crippen LogP contribution in [0.5, 0.6) is 0 Å². The van der Waals surface area contributed by atoms with Crippen LogP contribution in [0.1, 0.15) is 5.56 Å². The van der Waals surface area contributed by atoms with Gasteiger partial charge in [-0.1, -0.05) is 12.1 Å². The summed E-state index contributed by atoms with van der Waals surface area (Å²) in [6.07, 6.45) is 3.27. The highest BCUT2D eigenvalue weighted by Crippen LogP contribution is 2.21. The summed E-state index contributed by atoms with van der Waals surface area (Å²) in [5, 5.41) is 21.2. The third kappa shape index (κ3) is 3.10. The Morgan fingerprint density at radius 2 is 2.00 bits per heavy atom. The smallest absolute Gasteiger partial charge is 0.137 e. The molecular weight excluding hydrogens is 278 g/mol. The summed E-state index contributed by atoms with van der Waals surface area (Å²) >= 11 is 0. The number of aliphatic hydroxyl groups excluding tert-OH is 2. The maximum atomic E-state index is 9.33. The van der Waals surface area contributed by atoms with Crippen molar-refractivity contribution in [3.63, 3.8) is 0 Å². The van der Waals surface area contributed by atoms with Crippen LogP contribution in [0.4, 0.5) is 5.69 Å². The minimum atomic E-state index is -0.749. The van der Waals surface area contributed by atoms with Crippen molar-refractivity contribution >= 4 is 11.3 Å². The summed E-state index contributed by atoms with van der Waals surface area (Å²) in [6.45, 7) is 2.13. The van der Waals surface area contributed by atoms with Crippen molar-refractivity contribution in [2.75, 3.05) is 18.5 Å². The van der Waals surface area contributed by atoms with Crippen LogP contribution >= 0.6 is 0 Å². The Balaban J connectivity index is 1.79. The van der Waals surface area contributed by atoms with Crippen molar-refractivity contribution in [1.29, 1.82) is 0 Å². The molecule has 0 aliphatic carbocycles. The summed E-state index contributed by atoms with van der Waals surface area (Å²) < 4.78 is 2.01. The van der Waals surface area contributed by atoms with E-state index in [0.29, 0.717) is 6.54 Å². The first-order valence-electron chi connectivity index (χ1n) is 7.24. The number of aryl methyl sites for hydroxylation is 1. The lowest BCUT2D eigenvalue weighted by Crippen LogP contribution is -2.22. The molecule has 1 atom stereocenters. The Labute approximate surface area is 128 Å². The number of hydrogen-bond donors (Lipinski definition) is 3. The van der Waals surface area contributed by atoms with Crippen molar-refractivity contribution < 1.29 is 10.2 Å². The fourth-order valence-electron chi connectivity index (χ4n) is 2.28. The van der Waals surface area contributed by atoms with E-state index in [2.05, 4.69) is 29.4 Å². The van der Waals surface area contributed by atoms with E-state index in [1.807, 2.05) is 41.1 Å². The first-order chi connectivity index (χ1) is 10.7. The molecule has 0 radical (unpaired) electrons. The maximum absolute atomic E-state index is 9.33. The highest BCUT2D eigenvalue weighted by atomic mass is 16.3. The maximum Gasteiger partial charge on any atom is 0.137 e. The Morgan fingerprint density at radius 1 is 1.23 bits per heavy atom. The van der Waals surface area contributed by atoms with Gasteiger partial charge in [-0.3, -0.25) is 0 Å². The van der Waals surface area contributed by atoms with Gasteiger partial charge in [-0.25, -0.2) is 4.98 Å². The molecule has 5 nitrogen and oxygen atoms in total. The van der Waals surface area contributed by atoms with Crippen molar-refractivity contribution in [3.8, 4) is 11.3 Å². The van der Waals surface area contributed by atoms with E-state index in [1.54, 1.807) is 0 Å².